The minimum Gasteiger partial charge on any atom is -0.369 e. The van der Waals surface area contributed by atoms with E-state index in [4.69, 9.17) is 91.9 Å². The third-order valence-corrected chi connectivity index (χ3v) is 0. The summed E-state index contributed by atoms with van der Waals surface area (Å²) in [7, 11) is 0. The van der Waals surface area contributed by atoms with E-state index in [0.717, 1.165) is 0 Å². The van der Waals surface area contributed by atoms with Crippen LogP contribution in [-0.4, -0.2) is 30.5 Å². The molecule has 0 unspecified atom stereocenters. The Balaban J connectivity index is -0.0000000201. The first kappa shape index (κ1) is 56.4. The Bertz CT molecular complexity index is 265. The summed E-state index contributed by atoms with van der Waals surface area (Å²) in [5.74, 6) is 0. The Labute approximate surface area is 193 Å². The van der Waals surface area contributed by atoms with Crippen LogP contribution in [-0.2, 0) is 0 Å². The van der Waals surface area contributed by atoms with Crippen LogP contribution in [0.3, 0.4) is 0 Å². The predicted molar refractivity (Wildman–Crippen MR) is 68.2 cm³/mol. The van der Waals surface area contributed by atoms with E-state index < -0.39 is 30.5 Å². The smallest absolute Gasteiger partial charge is 0.369 e. The summed E-state index contributed by atoms with van der Waals surface area (Å²) in [6.07, 6.45) is 0. The zero-order valence-electron chi connectivity index (χ0n) is 11.9. The fourth-order valence-electron chi connectivity index (χ4n) is 0. The van der Waals surface area contributed by atoms with Gasteiger partial charge in [-0.15, -0.1) is 0 Å². The van der Waals surface area contributed by atoms with Gasteiger partial charge in [0.25, 0.3) is 0 Å². The molecular formula is H4CeIN7O18. The first-order valence-corrected chi connectivity index (χ1v) is 3.29. The Hall–Kier alpha value is -2.73. The molecule has 2 radical (unpaired) electrons. The Kier molecular flexibility index (Phi) is 103. The van der Waals surface area contributed by atoms with E-state index >= 15 is 0 Å². The van der Waals surface area contributed by atoms with Gasteiger partial charge in [0.1, 0.15) is 0 Å². The summed E-state index contributed by atoms with van der Waals surface area (Å²) < 4.78 is 0. The monoisotopic (exact) mass is 657 g/mol. The number of nitrogens with zero attached hydrogens (tertiary/aromatic N) is 6. The summed E-state index contributed by atoms with van der Waals surface area (Å²) in [5, 5.41) is 88.5. The van der Waals surface area contributed by atoms with Gasteiger partial charge in [0, 0.05) is 0 Å². The van der Waals surface area contributed by atoms with Gasteiger partial charge in [-0.25, -0.2) is 0 Å². The van der Waals surface area contributed by atoms with Crippen molar-refractivity contribution in [2.45, 2.75) is 0 Å². The van der Waals surface area contributed by atoms with Gasteiger partial charge < -0.3 is 98.1 Å². The van der Waals surface area contributed by atoms with Gasteiger partial charge in [-0.3, -0.25) is 0 Å². The Morgan fingerprint density at radius 2 is 0.333 bits per heavy atom. The van der Waals surface area contributed by atoms with Crippen LogP contribution in [0.25, 0.3) is 0 Å². The van der Waals surface area contributed by atoms with Crippen LogP contribution in [0.4, 0.5) is 0 Å². The molecule has 0 bridgehead atoms. The maximum absolute atomic E-state index is 8.25. The minimum absolute atomic E-state index is 0. The SMILES string of the molecule is O=[N+]([O-])[O-].O=[N+]([O-])[O-].O=[N+]([O-])[O-].O=[N+]([O-])[O-].O=[N+]([O-])[O-].O=[N+]([O-])[O-].[Ce+4].[I+].[NH4+]. The zero-order valence-corrected chi connectivity index (χ0v) is 17.2. The molecule has 0 aromatic carbocycles. The Morgan fingerprint density at radius 3 is 0.333 bits per heavy atom. The van der Waals surface area contributed by atoms with E-state index in [1.165, 1.54) is 0 Å². The molecule has 25 nitrogen and oxygen atoms in total. The van der Waals surface area contributed by atoms with Crippen molar-refractivity contribution in [1.82, 2.24) is 6.15 Å². The van der Waals surface area contributed by atoms with Crippen molar-refractivity contribution in [3.8, 4) is 0 Å². The van der Waals surface area contributed by atoms with E-state index in [1.54, 1.807) is 0 Å². The first-order chi connectivity index (χ1) is 10.4. The third kappa shape index (κ3) is 1410. The molecule has 0 atom stereocenters. The zero-order chi connectivity index (χ0) is 21.5. The van der Waals surface area contributed by atoms with Crippen LogP contribution >= 0.6 is 0 Å². The molecule has 0 saturated carbocycles. The normalized spacial score (nSPS) is 5.33. The molecule has 0 aromatic rings. The summed E-state index contributed by atoms with van der Waals surface area (Å²) in [6, 6.07) is 0. The Morgan fingerprint density at radius 1 is 0.333 bits per heavy atom. The number of rotatable bonds is 0. The second kappa shape index (κ2) is 49.5. The number of halogens is 1. The van der Waals surface area contributed by atoms with Crippen LogP contribution in [0.2, 0.25) is 0 Å². The minimum atomic E-state index is -1.75. The van der Waals surface area contributed by atoms with E-state index in [-0.39, 0.29) is 71.9 Å². The van der Waals surface area contributed by atoms with Gasteiger partial charge in [-0.1, -0.05) is 0 Å². The average Bonchev–Trinajstić information content (AvgIpc) is 2.08. The topological polar surface area (TPSA) is 434 Å². The molecular weight excluding hydrogens is 653 g/mol. The molecule has 0 aromatic heterocycles. The molecule has 158 valence electrons. The second-order valence-electron chi connectivity index (χ2n) is 1.34. The van der Waals surface area contributed by atoms with Gasteiger partial charge in [0.05, 0.1) is 30.5 Å². The number of hydrogen-bond acceptors (Lipinski definition) is 18. The van der Waals surface area contributed by atoms with Crippen molar-refractivity contribution in [3.05, 3.63) is 91.9 Å². The largest absolute Gasteiger partial charge is 4.00 e. The van der Waals surface area contributed by atoms with Crippen molar-refractivity contribution in [2.75, 3.05) is 0 Å². The van der Waals surface area contributed by atoms with Crippen molar-refractivity contribution < 1.29 is 96.2 Å². The maximum atomic E-state index is 8.25. The molecule has 27 heteroatoms. The molecule has 27 heavy (non-hydrogen) atoms. The molecule has 0 fully saturated rings. The predicted octanol–water partition coefficient (Wildman–Crippen LogP) is -4.05. The fraction of sp³-hybridized carbons (Fsp3) is 0. The van der Waals surface area contributed by atoms with Gasteiger partial charge in [-0.2, -0.15) is 0 Å². The summed E-state index contributed by atoms with van der Waals surface area (Å²) in [5.41, 5.74) is 0. The molecule has 0 saturated heterocycles. The van der Waals surface area contributed by atoms with E-state index in [0.29, 0.717) is 0 Å². The number of hydrogen-bond donors (Lipinski definition) is 1. The van der Waals surface area contributed by atoms with Crippen LogP contribution < -0.4 is 30.1 Å². The van der Waals surface area contributed by atoms with E-state index in [9.17, 15) is 0 Å². The van der Waals surface area contributed by atoms with E-state index in [1.807, 2.05) is 0 Å². The summed E-state index contributed by atoms with van der Waals surface area (Å²) in [6.45, 7) is 0. The molecule has 0 aliphatic carbocycles. The second-order valence-corrected chi connectivity index (χ2v) is 1.34. The molecule has 4 N–H and O–H groups in total. The maximum Gasteiger partial charge on any atom is 4.00 e. The molecule has 0 aliphatic heterocycles. The van der Waals surface area contributed by atoms with Crippen LogP contribution in [0.1, 0.15) is 0 Å². The van der Waals surface area contributed by atoms with Crippen molar-refractivity contribution in [1.29, 1.82) is 0 Å². The average molecular weight is 657 g/mol. The van der Waals surface area contributed by atoms with Crippen molar-refractivity contribution in [3.63, 3.8) is 0 Å². The number of quaternary nitrogens is 1. The molecule has 0 heterocycles. The van der Waals surface area contributed by atoms with Crippen molar-refractivity contribution in [2.24, 2.45) is 0 Å². The quantitative estimate of drug-likeness (QED) is 0.147. The van der Waals surface area contributed by atoms with Crippen LogP contribution in [0.15, 0.2) is 0 Å². The standard InChI is InChI=1S/Ce.I.6NO3.H3N/c;;6*2-1(3)4;/h;;;;;;;;1H3/q+4;+1;6*-1;/p+1. The summed E-state index contributed by atoms with van der Waals surface area (Å²) in [4.78, 5) is 49.5. The van der Waals surface area contributed by atoms with Gasteiger partial charge >= 0.3 is 65.7 Å². The van der Waals surface area contributed by atoms with Crippen molar-refractivity contribution >= 4 is 0 Å². The van der Waals surface area contributed by atoms with Gasteiger partial charge in [-0.05, 0) is 0 Å². The fourth-order valence-corrected chi connectivity index (χ4v) is 0. The summed E-state index contributed by atoms with van der Waals surface area (Å²) >= 11 is 0. The van der Waals surface area contributed by atoms with Gasteiger partial charge in [0.2, 0.25) is 0 Å². The molecule has 0 spiro atoms. The van der Waals surface area contributed by atoms with Crippen LogP contribution in [0, 0.1) is 134 Å². The molecule has 0 aliphatic rings. The molecule has 0 amide bonds. The van der Waals surface area contributed by atoms with E-state index in [2.05, 4.69) is 0 Å². The van der Waals surface area contributed by atoms with Gasteiger partial charge in [0.15, 0.2) is 0 Å². The molecule has 0 rings (SSSR count). The third-order valence-electron chi connectivity index (χ3n) is 0. The first-order valence-electron chi connectivity index (χ1n) is 3.29. The van der Waals surface area contributed by atoms with Crippen LogP contribution in [0.5, 0.6) is 0 Å².